The van der Waals surface area contributed by atoms with Crippen LogP contribution >= 0.6 is 0 Å². The number of ether oxygens (including phenoxy) is 1. The molecule has 17 heavy (non-hydrogen) atoms. The molecule has 1 aromatic rings. The van der Waals surface area contributed by atoms with Crippen molar-refractivity contribution in [1.29, 1.82) is 0 Å². The van der Waals surface area contributed by atoms with Crippen LogP contribution in [0, 0.1) is 0 Å². The summed E-state index contributed by atoms with van der Waals surface area (Å²) in [6.07, 6.45) is 8.24. The van der Waals surface area contributed by atoms with Crippen molar-refractivity contribution in [1.82, 2.24) is 5.32 Å². The predicted octanol–water partition coefficient (Wildman–Crippen LogP) is 2.86. The molecular weight excluding hydrogens is 210 g/mol. The van der Waals surface area contributed by atoms with Gasteiger partial charge in [0.05, 0.1) is 6.61 Å². The van der Waals surface area contributed by atoms with E-state index in [0.29, 0.717) is 12.0 Å². The first-order chi connectivity index (χ1) is 8.43. The largest absolute Gasteiger partial charge is 0.493 e. The molecule has 2 unspecified atom stereocenters. The maximum Gasteiger partial charge on any atom is 0.122 e. The molecule has 1 heterocycles. The molecule has 1 N–H and O–H groups in total. The highest BCUT2D eigenvalue weighted by Gasteiger charge is 2.24. The van der Waals surface area contributed by atoms with E-state index >= 15 is 0 Å². The normalized spacial score (nSPS) is 26.6. The summed E-state index contributed by atoms with van der Waals surface area (Å²) >= 11 is 0. The van der Waals surface area contributed by atoms with Crippen molar-refractivity contribution in [2.75, 3.05) is 13.2 Å². The lowest BCUT2D eigenvalue weighted by Crippen LogP contribution is -2.33. The van der Waals surface area contributed by atoms with Gasteiger partial charge in [0.2, 0.25) is 0 Å². The van der Waals surface area contributed by atoms with Crippen molar-refractivity contribution in [3.8, 4) is 5.75 Å². The first-order valence-corrected chi connectivity index (χ1v) is 6.53. The fourth-order valence-electron chi connectivity index (χ4n) is 2.69. The monoisotopic (exact) mass is 229 g/mol. The molecule has 0 saturated heterocycles. The topological polar surface area (TPSA) is 21.3 Å². The standard InChI is InChI=1S/C15H19NO/c1-2-6-13(7-3-1)16-10-12-11-17-15-9-5-4-8-14(12)15/h1-2,4-5,8-9,12-13,16H,3,6-7,10-11H2. The molecular formula is C15H19NO. The van der Waals surface area contributed by atoms with E-state index in [1.165, 1.54) is 24.8 Å². The van der Waals surface area contributed by atoms with Crippen molar-refractivity contribution in [3.63, 3.8) is 0 Å². The minimum atomic E-state index is 0.525. The highest BCUT2D eigenvalue weighted by molar-refractivity contribution is 5.39. The van der Waals surface area contributed by atoms with Gasteiger partial charge in [-0.05, 0) is 25.3 Å². The second-order valence-electron chi connectivity index (χ2n) is 4.94. The summed E-state index contributed by atoms with van der Waals surface area (Å²) in [4.78, 5) is 0. The molecule has 1 aliphatic carbocycles. The molecule has 1 aliphatic heterocycles. The Bertz CT molecular complexity index is 413. The SMILES string of the molecule is C1=CCC(NCC2COc3ccccc32)CC1. The molecule has 0 aromatic heterocycles. The number of rotatable bonds is 3. The summed E-state index contributed by atoms with van der Waals surface area (Å²) in [6, 6.07) is 9.06. The number of allylic oxidation sites excluding steroid dienone is 1. The maximum atomic E-state index is 5.70. The highest BCUT2D eigenvalue weighted by atomic mass is 16.5. The molecule has 0 radical (unpaired) electrons. The van der Waals surface area contributed by atoms with Crippen molar-refractivity contribution in [3.05, 3.63) is 42.0 Å². The van der Waals surface area contributed by atoms with E-state index in [0.717, 1.165) is 18.9 Å². The number of hydrogen-bond donors (Lipinski definition) is 1. The molecule has 0 fully saturated rings. The molecule has 2 aliphatic rings. The smallest absolute Gasteiger partial charge is 0.122 e. The zero-order chi connectivity index (χ0) is 11.5. The summed E-state index contributed by atoms with van der Waals surface area (Å²) in [5.41, 5.74) is 1.37. The maximum absolute atomic E-state index is 5.70. The van der Waals surface area contributed by atoms with Crippen LogP contribution in [0.4, 0.5) is 0 Å². The van der Waals surface area contributed by atoms with Gasteiger partial charge in [0.1, 0.15) is 5.75 Å². The van der Waals surface area contributed by atoms with Gasteiger partial charge in [0.15, 0.2) is 0 Å². The fraction of sp³-hybridized carbons (Fsp3) is 0.467. The van der Waals surface area contributed by atoms with Gasteiger partial charge in [-0.3, -0.25) is 0 Å². The zero-order valence-electron chi connectivity index (χ0n) is 10.1. The predicted molar refractivity (Wildman–Crippen MR) is 69.5 cm³/mol. The van der Waals surface area contributed by atoms with Gasteiger partial charge < -0.3 is 10.1 Å². The molecule has 0 bridgehead atoms. The Morgan fingerprint density at radius 3 is 3.06 bits per heavy atom. The van der Waals surface area contributed by atoms with E-state index in [1.807, 2.05) is 6.07 Å². The van der Waals surface area contributed by atoms with Gasteiger partial charge in [-0.25, -0.2) is 0 Å². The summed E-state index contributed by atoms with van der Waals surface area (Å²) < 4.78 is 5.70. The van der Waals surface area contributed by atoms with Crippen molar-refractivity contribution < 1.29 is 4.74 Å². The Hall–Kier alpha value is -1.28. The van der Waals surface area contributed by atoms with Gasteiger partial charge in [0, 0.05) is 24.1 Å². The number of para-hydroxylation sites is 1. The number of hydrogen-bond acceptors (Lipinski definition) is 2. The first-order valence-electron chi connectivity index (χ1n) is 6.53. The molecule has 0 amide bonds. The Balaban J connectivity index is 1.58. The molecule has 3 rings (SSSR count). The van der Waals surface area contributed by atoms with Crippen molar-refractivity contribution in [2.45, 2.75) is 31.2 Å². The fourth-order valence-corrected chi connectivity index (χ4v) is 2.69. The van der Waals surface area contributed by atoms with Gasteiger partial charge >= 0.3 is 0 Å². The summed E-state index contributed by atoms with van der Waals surface area (Å²) in [5, 5.41) is 3.67. The average Bonchev–Trinajstić information content (AvgIpc) is 2.81. The average molecular weight is 229 g/mol. The van der Waals surface area contributed by atoms with Crippen LogP contribution in [-0.2, 0) is 0 Å². The summed E-state index contributed by atoms with van der Waals surface area (Å²) in [5.74, 6) is 1.60. The summed E-state index contributed by atoms with van der Waals surface area (Å²) in [7, 11) is 0. The van der Waals surface area contributed by atoms with Crippen LogP contribution in [0.5, 0.6) is 5.75 Å². The molecule has 0 spiro atoms. The lowest BCUT2D eigenvalue weighted by molar-refractivity contribution is 0.320. The first kappa shape index (κ1) is 10.8. The van der Waals surface area contributed by atoms with Crippen LogP contribution in [0.3, 0.4) is 0 Å². The molecule has 1 aromatic carbocycles. The van der Waals surface area contributed by atoms with Crippen LogP contribution in [0.15, 0.2) is 36.4 Å². The van der Waals surface area contributed by atoms with Crippen LogP contribution in [-0.4, -0.2) is 19.2 Å². The minimum absolute atomic E-state index is 0.525. The Morgan fingerprint density at radius 1 is 1.24 bits per heavy atom. The van der Waals surface area contributed by atoms with E-state index in [1.54, 1.807) is 0 Å². The number of fused-ring (bicyclic) bond motifs is 1. The number of nitrogens with one attached hydrogen (secondary N) is 1. The van der Waals surface area contributed by atoms with E-state index in [9.17, 15) is 0 Å². The highest BCUT2D eigenvalue weighted by Crippen LogP contribution is 2.33. The van der Waals surface area contributed by atoms with Crippen LogP contribution in [0.1, 0.15) is 30.7 Å². The number of benzene rings is 1. The van der Waals surface area contributed by atoms with Gasteiger partial charge in [0.25, 0.3) is 0 Å². The molecule has 0 saturated carbocycles. The molecule has 2 atom stereocenters. The van der Waals surface area contributed by atoms with Gasteiger partial charge in [-0.1, -0.05) is 30.4 Å². The third-order valence-electron chi connectivity index (χ3n) is 3.72. The van der Waals surface area contributed by atoms with E-state index in [4.69, 9.17) is 4.74 Å². The quantitative estimate of drug-likeness (QED) is 0.805. The summed E-state index contributed by atoms with van der Waals surface area (Å²) in [6.45, 7) is 1.87. The molecule has 2 heteroatoms. The Labute approximate surface area is 103 Å². The zero-order valence-corrected chi connectivity index (χ0v) is 10.1. The van der Waals surface area contributed by atoms with Crippen LogP contribution in [0.25, 0.3) is 0 Å². The molecule has 2 nitrogen and oxygen atoms in total. The second kappa shape index (κ2) is 4.92. The van der Waals surface area contributed by atoms with E-state index in [-0.39, 0.29) is 0 Å². The lowest BCUT2D eigenvalue weighted by Gasteiger charge is -2.21. The van der Waals surface area contributed by atoms with E-state index < -0.39 is 0 Å². The van der Waals surface area contributed by atoms with Gasteiger partial charge in [-0.2, -0.15) is 0 Å². The van der Waals surface area contributed by atoms with Crippen LogP contribution < -0.4 is 10.1 Å². The van der Waals surface area contributed by atoms with E-state index in [2.05, 4.69) is 35.7 Å². The third kappa shape index (κ3) is 2.37. The van der Waals surface area contributed by atoms with Crippen LogP contribution in [0.2, 0.25) is 0 Å². The molecule has 90 valence electrons. The third-order valence-corrected chi connectivity index (χ3v) is 3.72. The van der Waals surface area contributed by atoms with Gasteiger partial charge in [-0.15, -0.1) is 0 Å². The van der Waals surface area contributed by atoms with Crippen molar-refractivity contribution in [2.24, 2.45) is 0 Å². The van der Waals surface area contributed by atoms with Crippen molar-refractivity contribution >= 4 is 0 Å². The lowest BCUT2D eigenvalue weighted by atomic mass is 9.98. The Morgan fingerprint density at radius 2 is 2.18 bits per heavy atom. The minimum Gasteiger partial charge on any atom is -0.493 e. The second-order valence-corrected chi connectivity index (χ2v) is 4.94. The Kier molecular flexibility index (Phi) is 3.14.